The van der Waals surface area contributed by atoms with Gasteiger partial charge < -0.3 is 10.3 Å². The Morgan fingerprint density at radius 2 is 2.07 bits per heavy atom. The molecule has 15 heavy (non-hydrogen) atoms. The van der Waals surface area contributed by atoms with E-state index < -0.39 is 11.6 Å². The van der Waals surface area contributed by atoms with E-state index in [1.807, 2.05) is 0 Å². The van der Waals surface area contributed by atoms with Gasteiger partial charge in [0.15, 0.2) is 11.6 Å². The second kappa shape index (κ2) is 3.34. The van der Waals surface area contributed by atoms with Crippen molar-refractivity contribution in [1.82, 2.24) is 5.16 Å². The molecule has 2 aromatic rings. The van der Waals surface area contributed by atoms with E-state index in [1.165, 1.54) is 6.07 Å². The molecule has 0 radical (unpaired) electrons. The molecule has 0 aliphatic carbocycles. The molecule has 0 saturated carbocycles. The maximum absolute atomic E-state index is 13.4. The Labute approximate surface area is 84.5 Å². The van der Waals surface area contributed by atoms with E-state index in [9.17, 15) is 8.78 Å². The van der Waals surface area contributed by atoms with Crippen molar-refractivity contribution < 1.29 is 13.3 Å². The minimum absolute atomic E-state index is 0.151. The van der Waals surface area contributed by atoms with Crippen LogP contribution in [0.3, 0.4) is 0 Å². The summed E-state index contributed by atoms with van der Waals surface area (Å²) in [5.41, 5.74) is 6.15. The molecule has 0 aliphatic heterocycles. The third-order valence-electron chi connectivity index (χ3n) is 2.14. The lowest BCUT2D eigenvalue weighted by Crippen LogP contribution is -1.89. The summed E-state index contributed by atoms with van der Waals surface area (Å²) in [5.74, 6) is -0.908. The van der Waals surface area contributed by atoms with Crippen LogP contribution in [0.25, 0.3) is 11.3 Å². The monoisotopic (exact) mass is 210 g/mol. The van der Waals surface area contributed by atoms with E-state index >= 15 is 0 Å². The molecule has 0 spiro atoms. The summed E-state index contributed by atoms with van der Waals surface area (Å²) in [6.07, 6.45) is 0. The summed E-state index contributed by atoms with van der Waals surface area (Å²) >= 11 is 0. The molecular formula is C10H8F2N2O. The smallest absolute Gasteiger partial charge is 0.174 e. The number of hydrogen-bond donors (Lipinski definition) is 1. The second-order valence-electron chi connectivity index (χ2n) is 3.15. The van der Waals surface area contributed by atoms with Crippen LogP contribution < -0.4 is 5.73 Å². The van der Waals surface area contributed by atoms with Crippen molar-refractivity contribution in [3.05, 3.63) is 35.4 Å². The zero-order valence-corrected chi connectivity index (χ0v) is 7.92. The van der Waals surface area contributed by atoms with Crippen LogP contribution in [0.2, 0.25) is 0 Å². The number of anilines is 1. The highest BCUT2D eigenvalue weighted by molar-refractivity contribution is 5.65. The van der Waals surface area contributed by atoms with E-state index in [-0.39, 0.29) is 17.1 Å². The van der Waals surface area contributed by atoms with E-state index in [0.717, 1.165) is 12.1 Å². The number of rotatable bonds is 1. The van der Waals surface area contributed by atoms with E-state index in [2.05, 4.69) is 5.16 Å². The summed E-state index contributed by atoms with van der Waals surface area (Å²) in [6.45, 7) is 1.66. The molecule has 78 valence electrons. The van der Waals surface area contributed by atoms with Gasteiger partial charge in [0, 0.05) is 11.6 Å². The van der Waals surface area contributed by atoms with Crippen molar-refractivity contribution in [2.24, 2.45) is 0 Å². The Kier molecular flexibility index (Phi) is 2.15. The van der Waals surface area contributed by atoms with Gasteiger partial charge in [-0.25, -0.2) is 8.78 Å². The highest BCUT2D eigenvalue weighted by Gasteiger charge is 2.15. The second-order valence-corrected chi connectivity index (χ2v) is 3.15. The average Bonchev–Trinajstić information content (AvgIpc) is 2.49. The predicted molar refractivity (Wildman–Crippen MR) is 51.0 cm³/mol. The van der Waals surface area contributed by atoms with Crippen LogP contribution >= 0.6 is 0 Å². The molecule has 2 N–H and O–H groups in total. The fraction of sp³-hybridized carbons (Fsp3) is 0.100. The summed E-state index contributed by atoms with van der Waals surface area (Å²) in [6, 6.07) is 3.22. The zero-order valence-electron chi connectivity index (χ0n) is 7.92. The van der Waals surface area contributed by atoms with Crippen molar-refractivity contribution in [2.75, 3.05) is 5.73 Å². The SMILES string of the molecule is Cc1c(N)noc1-c1ccc(F)cc1F. The van der Waals surface area contributed by atoms with Crippen LogP contribution in [0.5, 0.6) is 0 Å². The van der Waals surface area contributed by atoms with Crippen LogP contribution in [0.1, 0.15) is 5.56 Å². The van der Waals surface area contributed by atoms with Gasteiger partial charge in [-0.15, -0.1) is 0 Å². The van der Waals surface area contributed by atoms with Crippen molar-refractivity contribution in [1.29, 1.82) is 0 Å². The number of aromatic nitrogens is 1. The van der Waals surface area contributed by atoms with Gasteiger partial charge in [0.2, 0.25) is 0 Å². The Balaban J connectivity index is 2.59. The third-order valence-corrected chi connectivity index (χ3v) is 2.14. The van der Waals surface area contributed by atoms with Crippen LogP contribution in [0.15, 0.2) is 22.7 Å². The van der Waals surface area contributed by atoms with Gasteiger partial charge in [-0.05, 0) is 19.1 Å². The Morgan fingerprint density at radius 3 is 2.60 bits per heavy atom. The van der Waals surface area contributed by atoms with Crippen LogP contribution in [-0.4, -0.2) is 5.16 Å². The number of nitrogen functional groups attached to an aromatic ring is 1. The van der Waals surface area contributed by atoms with Gasteiger partial charge in [0.05, 0.1) is 5.56 Å². The van der Waals surface area contributed by atoms with E-state index in [0.29, 0.717) is 5.56 Å². The highest BCUT2D eigenvalue weighted by Crippen LogP contribution is 2.29. The van der Waals surface area contributed by atoms with Crippen LogP contribution in [-0.2, 0) is 0 Å². The Morgan fingerprint density at radius 1 is 1.33 bits per heavy atom. The van der Waals surface area contributed by atoms with Gasteiger partial charge >= 0.3 is 0 Å². The number of nitrogens with zero attached hydrogens (tertiary/aromatic N) is 1. The number of halogens is 2. The fourth-order valence-electron chi connectivity index (χ4n) is 1.27. The number of hydrogen-bond acceptors (Lipinski definition) is 3. The van der Waals surface area contributed by atoms with Crippen molar-refractivity contribution >= 4 is 5.82 Å². The van der Waals surface area contributed by atoms with Crippen molar-refractivity contribution in [2.45, 2.75) is 6.92 Å². The summed E-state index contributed by atoms with van der Waals surface area (Å²) in [7, 11) is 0. The first kappa shape index (κ1) is 9.64. The molecule has 0 saturated heterocycles. The predicted octanol–water partition coefficient (Wildman–Crippen LogP) is 2.51. The lowest BCUT2D eigenvalue weighted by Gasteiger charge is -1.99. The quantitative estimate of drug-likeness (QED) is 0.786. The molecule has 0 bridgehead atoms. The lowest BCUT2D eigenvalue weighted by atomic mass is 10.1. The van der Waals surface area contributed by atoms with E-state index in [4.69, 9.17) is 10.3 Å². The fourth-order valence-corrected chi connectivity index (χ4v) is 1.27. The molecule has 1 heterocycles. The zero-order chi connectivity index (χ0) is 11.0. The normalized spacial score (nSPS) is 10.6. The van der Waals surface area contributed by atoms with Gasteiger partial charge in [-0.3, -0.25) is 0 Å². The minimum atomic E-state index is -0.700. The third kappa shape index (κ3) is 1.56. The van der Waals surface area contributed by atoms with Crippen LogP contribution in [0.4, 0.5) is 14.6 Å². The van der Waals surface area contributed by atoms with Crippen molar-refractivity contribution in [3.63, 3.8) is 0 Å². The minimum Gasteiger partial charge on any atom is -0.381 e. The summed E-state index contributed by atoms with van der Waals surface area (Å²) < 4.78 is 30.9. The van der Waals surface area contributed by atoms with E-state index in [1.54, 1.807) is 6.92 Å². The lowest BCUT2D eigenvalue weighted by molar-refractivity contribution is 0.432. The first-order valence-corrected chi connectivity index (χ1v) is 4.26. The number of nitrogens with two attached hydrogens (primary N) is 1. The maximum Gasteiger partial charge on any atom is 0.174 e. The van der Waals surface area contributed by atoms with Crippen LogP contribution in [0, 0.1) is 18.6 Å². The molecule has 0 fully saturated rings. The molecule has 0 unspecified atom stereocenters. The van der Waals surface area contributed by atoms with Gasteiger partial charge in [-0.1, -0.05) is 5.16 Å². The molecule has 0 aliphatic rings. The van der Waals surface area contributed by atoms with Crippen molar-refractivity contribution in [3.8, 4) is 11.3 Å². The molecule has 2 rings (SSSR count). The molecule has 0 atom stereocenters. The molecule has 1 aromatic carbocycles. The molecule has 5 heteroatoms. The Hall–Kier alpha value is -1.91. The van der Waals surface area contributed by atoms with Gasteiger partial charge in [0.1, 0.15) is 11.6 Å². The first-order valence-electron chi connectivity index (χ1n) is 4.26. The molecule has 0 amide bonds. The summed E-state index contributed by atoms with van der Waals surface area (Å²) in [5, 5.41) is 3.50. The van der Waals surface area contributed by atoms with Gasteiger partial charge in [0.25, 0.3) is 0 Å². The van der Waals surface area contributed by atoms with Gasteiger partial charge in [-0.2, -0.15) is 0 Å². The largest absolute Gasteiger partial charge is 0.381 e. The molecule has 3 nitrogen and oxygen atoms in total. The Bertz CT molecular complexity index is 508. The summed E-state index contributed by atoms with van der Waals surface area (Å²) in [4.78, 5) is 0. The average molecular weight is 210 g/mol. The standard InChI is InChI=1S/C10H8F2N2O/c1-5-9(15-14-10(5)13)7-3-2-6(11)4-8(7)12/h2-4H,1H3,(H2,13,14). The first-order chi connectivity index (χ1) is 7.09. The highest BCUT2D eigenvalue weighted by atomic mass is 19.1. The maximum atomic E-state index is 13.4. The number of benzene rings is 1. The topological polar surface area (TPSA) is 52.0 Å². The molecule has 1 aromatic heterocycles. The molecular weight excluding hydrogens is 202 g/mol.